The lowest BCUT2D eigenvalue weighted by Gasteiger charge is -2.28. The van der Waals surface area contributed by atoms with Gasteiger partial charge in [0.1, 0.15) is 0 Å². The van der Waals surface area contributed by atoms with Gasteiger partial charge in [0.25, 0.3) is 0 Å². The molecule has 1 unspecified atom stereocenters. The van der Waals surface area contributed by atoms with E-state index in [1.165, 1.54) is 71.9 Å². The molecule has 0 aliphatic heterocycles. The highest BCUT2D eigenvalue weighted by Gasteiger charge is 2.21. The Kier molecular flexibility index (Phi) is 9.16. The lowest BCUT2D eigenvalue weighted by molar-refractivity contribution is 0.856. The summed E-state index contributed by atoms with van der Waals surface area (Å²) in [6.07, 6.45) is 8.01. The van der Waals surface area contributed by atoms with Crippen LogP contribution in [0.15, 0.2) is 212 Å². The van der Waals surface area contributed by atoms with Gasteiger partial charge in [-0.1, -0.05) is 158 Å². The van der Waals surface area contributed by atoms with Crippen LogP contribution < -0.4 is 4.90 Å². The molecule has 2 heteroatoms. The minimum absolute atomic E-state index is 0.343. The third-order valence-electron chi connectivity index (χ3n) is 11.9. The number of allylic oxidation sites excluding steroid dienone is 4. The van der Waals surface area contributed by atoms with Gasteiger partial charge in [-0.15, -0.1) is 0 Å². The summed E-state index contributed by atoms with van der Waals surface area (Å²) in [7, 11) is 0. The van der Waals surface area contributed by atoms with Crippen LogP contribution in [0.2, 0.25) is 0 Å². The molecule has 58 heavy (non-hydrogen) atoms. The van der Waals surface area contributed by atoms with E-state index in [1.54, 1.807) is 0 Å². The molecule has 10 rings (SSSR count). The molecule has 9 aromatic rings. The maximum absolute atomic E-state index is 2.44. The summed E-state index contributed by atoms with van der Waals surface area (Å²) < 4.78 is 2.44. The van der Waals surface area contributed by atoms with Gasteiger partial charge in [-0.2, -0.15) is 0 Å². The molecule has 8 aromatic carbocycles. The van der Waals surface area contributed by atoms with Gasteiger partial charge in [-0.3, -0.25) is 0 Å². The molecule has 0 N–H and O–H groups in total. The number of benzene rings is 8. The largest absolute Gasteiger partial charge is 0.310 e. The quantitative estimate of drug-likeness (QED) is 0.150. The average Bonchev–Trinajstić information content (AvgIpc) is 3.63. The van der Waals surface area contributed by atoms with E-state index in [2.05, 4.69) is 236 Å². The first-order valence-corrected chi connectivity index (χ1v) is 20.3. The monoisotopic (exact) mass is 744 g/mol. The predicted molar refractivity (Wildman–Crippen MR) is 247 cm³/mol. The van der Waals surface area contributed by atoms with Crippen molar-refractivity contribution in [3.8, 4) is 27.9 Å². The van der Waals surface area contributed by atoms with Crippen LogP contribution in [0.5, 0.6) is 0 Å². The molecular formula is C56H44N2. The fourth-order valence-electron chi connectivity index (χ4n) is 8.74. The molecule has 0 fully saturated rings. The minimum Gasteiger partial charge on any atom is -0.310 e. The van der Waals surface area contributed by atoms with Crippen molar-refractivity contribution in [2.45, 2.75) is 26.2 Å². The van der Waals surface area contributed by atoms with Gasteiger partial charge in [0.2, 0.25) is 0 Å². The third kappa shape index (κ3) is 6.43. The van der Waals surface area contributed by atoms with E-state index in [9.17, 15) is 0 Å². The molecule has 0 spiro atoms. The summed E-state index contributed by atoms with van der Waals surface area (Å²) in [6, 6.07) is 70.9. The molecule has 1 atom stereocenters. The first-order chi connectivity index (χ1) is 28.6. The number of rotatable bonds is 8. The molecule has 1 heterocycles. The minimum atomic E-state index is 0.343. The summed E-state index contributed by atoms with van der Waals surface area (Å²) in [5, 5.41) is 2.52. The normalized spacial score (nSPS) is 13.8. The summed E-state index contributed by atoms with van der Waals surface area (Å²) >= 11 is 0. The van der Waals surface area contributed by atoms with E-state index in [-0.39, 0.29) is 0 Å². The second-order valence-electron chi connectivity index (χ2n) is 15.4. The smallest absolute Gasteiger partial charge is 0.0541 e. The van der Waals surface area contributed by atoms with Crippen molar-refractivity contribution in [2.24, 2.45) is 0 Å². The first kappa shape index (κ1) is 35.3. The molecule has 278 valence electrons. The van der Waals surface area contributed by atoms with Gasteiger partial charge in [-0.05, 0) is 119 Å². The molecule has 0 amide bonds. The molecule has 0 radical (unpaired) electrons. The lowest BCUT2D eigenvalue weighted by atomic mass is 9.88. The Balaban J connectivity index is 1.09. The zero-order valence-electron chi connectivity index (χ0n) is 32.9. The highest BCUT2D eigenvalue weighted by Crippen LogP contribution is 2.44. The summed E-state index contributed by atoms with van der Waals surface area (Å²) in [4.78, 5) is 2.41. The standard InChI is InChI=1S/C56H44N2/c1-39-25-32-47(37-40(39)2)57(46-33-30-44(31-34-46)43-28-26-42(27-29-43)41-15-5-3-6-16-41)48-35-36-49(53(38-48)45-17-7-4-8-18-45)50-19-9-12-22-54(50)58-55-23-13-10-20-51(55)52-21-11-14-24-56(52)58/h3-28,30-38,43H,29H2,1-2H3. The molecule has 1 aliphatic carbocycles. The fourth-order valence-corrected chi connectivity index (χ4v) is 8.74. The number of anilines is 3. The Morgan fingerprint density at radius 2 is 1.05 bits per heavy atom. The van der Waals surface area contributed by atoms with E-state index < -0.39 is 0 Å². The molecule has 1 aromatic heterocycles. The van der Waals surface area contributed by atoms with E-state index in [0.717, 1.165) is 29.2 Å². The van der Waals surface area contributed by atoms with E-state index in [0.29, 0.717) is 5.92 Å². The number of hydrogen-bond donors (Lipinski definition) is 0. The summed E-state index contributed by atoms with van der Waals surface area (Å²) in [5.74, 6) is 0.343. The number of aromatic nitrogens is 1. The van der Waals surface area contributed by atoms with Crippen molar-refractivity contribution in [3.63, 3.8) is 0 Å². The van der Waals surface area contributed by atoms with Crippen LogP contribution in [0.3, 0.4) is 0 Å². The lowest BCUT2D eigenvalue weighted by Crippen LogP contribution is -2.11. The predicted octanol–water partition coefficient (Wildman–Crippen LogP) is 15.3. The van der Waals surface area contributed by atoms with Gasteiger partial charge in [0.15, 0.2) is 0 Å². The maximum Gasteiger partial charge on any atom is 0.0541 e. The third-order valence-corrected chi connectivity index (χ3v) is 11.9. The van der Waals surface area contributed by atoms with Crippen LogP contribution in [0.1, 0.15) is 34.6 Å². The first-order valence-electron chi connectivity index (χ1n) is 20.3. The fraction of sp³-hybridized carbons (Fsp3) is 0.0714. The molecule has 0 saturated carbocycles. The van der Waals surface area contributed by atoms with Crippen molar-refractivity contribution >= 4 is 44.4 Å². The summed E-state index contributed by atoms with van der Waals surface area (Å²) in [6.45, 7) is 4.39. The maximum atomic E-state index is 2.44. The topological polar surface area (TPSA) is 8.17 Å². The number of nitrogens with zero attached hydrogens (tertiary/aromatic N) is 2. The van der Waals surface area contributed by atoms with Crippen LogP contribution in [0.25, 0.3) is 55.3 Å². The van der Waals surface area contributed by atoms with Crippen LogP contribution in [0.4, 0.5) is 17.1 Å². The Labute approximate surface area is 341 Å². The number of aryl methyl sites for hydroxylation is 2. The van der Waals surface area contributed by atoms with Crippen molar-refractivity contribution < 1.29 is 0 Å². The van der Waals surface area contributed by atoms with Gasteiger partial charge in [-0.25, -0.2) is 0 Å². The Morgan fingerprint density at radius 1 is 0.466 bits per heavy atom. The van der Waals surface area contributed by atoms with Gasteiger partial charge in [0, 0.05) is 39.3 Å². The average molecular weight is 745 g/mol. The van der Waals surface area contributed by atoms with Crippen molar-refractivity contribution in [2.75, 3.05) is 4.90 Å². The molecule has 0 saturated heterocycles. The zero-order chi connectivity index (χ0) is 39.0. The van der Waals surface area contributed by atoms with Crippen molar-refractivity contribution in [3.05, 3.63) is 235 Å². The van der Waals surface area contributed by atoms with Crippen molar-refractivity contribution in [1.82, 2.24) is 4.57 Å². The highest BCUT2D eigenvalue weighted by atomic mass is 15.1. The Hall–Kier alpha value is -7.16. The van der Waals surface area contributed by atoms with Gasteiger partial charge in [0.05, 0.1) is 16.7 Å². The Bertz CT molecular complexity index is 2930. The van der Waals surface area contributed by atoms with Crippen LogP contribution in [-0.4, -0.2) is 4.57 Å². The van der Waals surface area contributed by atoms with Gasteiger partial charge >= 0.3 is 0 Å². The molecule has 0 bridgehead atoms. The molecule has 1 aliphatic rings. The van der Waals surface area contributed by atoms with Crippen LogP contribution >= 0.6 is 0 Å². The number of hydrogen-bond acceptors (Lipinski definition) is 1. The Morgan fingerprint density at radius 3 is 1.72 bits per heavy atom. The SMILES string of the molecule is Cc1ccc(N(c2ccc(C3C=CC(c4ccccc4)=CC3)cc2)c2ccc(-c3ccccc3-n3c4ccccc4c4ccccc43)c(-c3ccccc3)c2)cc1C. The highest BCUT2D eigenvalue weighted by molar-refractivity contribution is 6.10. The van der Waals surface area contributed by atoms with E-state index in [1.807, 2.05) is 0 Å². The van der Waals surface area contributed by atoms with Crippen molar-refractivity contribution in [1.29, 1.82) is 0 Å². The number of fused-ring (bicyclic) bond motifs is 3. The van der Waals surface area contributed by atoms with Gasteiger partial charge < -0.3 is 9.47 Å². The zero-order valence-corrected chi connectivity index (χ0v) is 32.9. The number of para-hydroxylation sites is 3. The molecule has 2 nitrogen and oxygen atoms in total. The second-order valence-corrected chi connectivity index (χ2v) is 15.4. The summed E-state index contributed by atoms with van der Waals surface area (Å²) in [5.41, 5.74) is 18.1. The second kappa shape index (κ2) is 15.1. The van der Waals surface area contributed by atoms with E-state index in [4.69, 9.17) is 0 Å². The van der Waals surface area contributed by atoms with Crippen LogP contribution in [-0.2, 0) is 0 Å². The van der Waals surface area contributed by atoms with Crippen LogP contribution in [0, 0.1) is 13.8 Å². The van der Waals surface area contributed by atoms with E-state index >= 15 is 0 Å². The molecular weight excluding hydrogens is 701 g/mol.